The van der Waals surface area contributed by atoms with E-state index in [4.69, 9.17) is 5.73 Å². The summed E-state index contributed by atoms with van der Waals surface area (Å²) in [6.07, 6.45) is 9.34. The number of hydrogen-bond acceptors (Lipinski definition) is 3. The van der Waals surface area contributed by atoms with Crippen molar-refractivity contribution < 1.29 is 0 Å². The van der Waals surface area contributed by atoms with Crippen molar-refractivity contribution in [2.45, 2.75) is 58.2 Å². The standard InChI is InChI=1S/C15H28N4/c1-12(2)15(16)14-10-17-11-19(14)9-8-18(3)13-6-4-5-7-13/h10-13,15H,4-9,16H2,1-3H3. The van der Waals surface area contributed by atoms with Crippen LogP contribution >= 0.6 is 0 Å². The molecule has 1 fully saturated rings. The van der Waals surface area contributed by atoms with Gasteiger partial charge in [-0.2, -0.15) is 0 Å². The molecule has 0 spiro atoms. The fourth-order valence-electron chi connectivity index (χ4n) is 2.93. The summed E-state index contributed by atoms with van der Waals surface area (Å²) >= 11 is 0. The summed E-state index contributed by atoms with van der Waals surface area (Å²) < 4.78 is 2.22. The predicted molar refractivity (Wildman–Crippen MR) is 78.9 cm³/mol. The number of hydrogen-bond donors (Lipinski definition) is 1. The summed E-state index contributed by atoms with van der Waals surface area (Å²) in [4.78, 5) is 6.76. The van der Waals surface area contributed by atoms with Gasteiger partial charge in [0.1, 0.15) is 0 Å². The normalized spacial score (nSPS) is 18.6. The molecule has 2 N–H and O–H groups in total. The van der Waals surface area contributed by atoms with Gasteiger partial charge in [-0.3, -0.25) is 0 Å². The Hall–Kier alpha value is -0.870. The molecule has 4 nitrogen and oxygen atoms in total. The van der Waals surface area contributed by atoms with Crippen LogP contribution in [0, 0.1) is 5.92 Å². The topological polar surface area (TPSA) is 47.1 Å². The smallest absolute Gasteiger partial charge is 0.0949 e. The molecular formula is C15H28N4. The Kier molecular flexibility index (Phi) is 4.99. The van der Waals surface area contributed by atoms with E-state index in [1.165, 1.54) is 25.7 Å². The highest BCUT2D eigenvalue weighted by molar-refractivity contribution is 5.05. The Bertz CT molecular complexity index is 379. The van der Waals surface area contributed by atoms with Crippen LogP contribution in [0.25, 0.3) is 0 Å². The van der Waals surface area contributed by atoms with Crippen LogP contribution in [0.1, 0.15) is 51.3 Å². The van der Waals surface area contributed by atoms with Gasteiger partial charge in [-0.1, -0.05) is 26.7 Å². The van der Waals surface area contributed by atoms with E-state index in [2.05, 4.69) is 35.3 Å². The van der Waals surface area contributed by atoms with Crippen LogP contribution < -0.4 is 5.73 Å². The minimum absolute atomic E-state index is 0.0827. The van der Waals surface area contributed by atoms with Gasteiger partial charge < -0.3 is 15.2 Å². The maximum Gasteiger partial charge on any atom is 0.0949 e. The van der Waals surface area contributed by atoms with Gasteiger partial charge in [-0.05, 0) is 25.8 Å². The summed E-state index contributed by atoms with van der Waals surface area (Å²) in [6, 6.07) is 0.866. The zero-order valence-corrected chi connectivity index (χ0v) is 12.5. The lowest BCUT2D eigenvalue weighted by Crippen LogP contribution is -2.32. The number of nitrogens with zero attached hydrogens (tertiary/aromatic N) is 3. The van der Waals surface area contributed by atoms with Crippen molar-refractivity contribution in [3.63, 3.8) is 0 Å². The van der Waals surface area contributed by atoms with Crippen LogP contribution in [0.3, 0.4) is 0 Å². The van der Waals surface area contributed by atoms with Crippen molar-refractivity contribution in [3.8, 4) is 0 Å². The first-order valence-corrected chi connectivity index (χ1v) is 7.55. The van der Waals surface area contributed by atoms with Gasteiger partial charge in [0.2, 0.25) is 0 Å². The molecule has 1 aromatic rings. The van der Waals surface area contributed by atoms with Crippen LogP contribution in [0.2, 0.25) is 0 Å². The number of imidazole rings is 1. The highest BCUT2D eigenvalue weighted by Gasteiger charge is 2.20. The van der Waals surface area contributed by atoms with Gasteiger partial charge in [0.05, 0.1) is 12.0 Å². The van der Waals surface area contributed by atoms with E-state index < -0.39 is 0 Å². The maximum absolute atomic E-state index is 6.24. The van der Waals surface area contributed by atoms with Gasteiger partial charge in [0.25, 0.3) is 0 Å². The first-order valence-electron chi connectivity index (χ1n) is 7.55. The lowest BCUT2D eigenvalue weighted by Gasteiger charge is -2.25. The van der Waals surface area contributed by atoms with Crippen LogP contribution in [0.15, 0.2) is 12.5 Å². The molecule has 0 radical (unpaired) electrons. The average Bonchev–Trinajstić information content (AvgIpc) is 3.05. The molecule has 1 aliphatic rings. The van der Waals surface area contributed by atoms with Crippen molar-refractivity contribution in [1.29, 1.82) is 0 Å². The molecular weight excluding hydrogens is 236 g/mol. The molecule has 1 aliphatic carbocycles. The summed E-state index contributed by atoms with van der Waals surface area (Å²) in [5.41, 5.74) is 7.40. The van der Waals surface area contributed by atoms with E-state index in [-0.39, 0.29) is 6.04 Å². The van der Waals surface area contributed by atoms with Crippen LogP contribution in [-0.2, 0) is 6.54 Å². The molecule has 4 heteroatoms. The fraction of sp³-hybridized carbons (Fsp3) is 0.800. The molecule has 0 aliphatic heterocycles. The van der Waals surface area contributed by atoms with Gasteiger partial charge in [0, 0.05) is 31.4 Å². The van der Waals surface area contributed by atoms with E-state index in [1.54, 1.807) is 0 Å². The molecule has 1 heterocycles. The second-order valence-electron chi connectivity index (χ2n) is 6.20. The van der Waals surface area contributed by atoms with E-state index in [1.807, 2.05) is 12.5 Å². The molecule has 1 saturated carbocycles. The second-order valence-corrected chi connectivity index (χ2v) is 6.20. The zero-order chi connectivity index (χ0) is 13.8. The largest absolute Gasteiger partial charge is 0.332 e. The van der Waals surface area contributed by atoms with E-state index >= 15 is 0 Å². The van der Waals surface area contributed by atoms with Crippen molar-refractivity contribution in [1.82, 2.24) is 14.5 Å². The molecule has 2 rings (SSSR count). The minimum atomic E-state index is 0.0827. The Morgan fingerprint density at radius 1 is 1.42 bits per heavy atom. The highest BCUT2D eigenvalue weighted by Crippen LogP contribution is 2.23. The third kappa shape index (κ3) is 3.57. The average molecular weight is 264 g/mol. The molecule has 1 atom stereocenters. The summed E-state index contributed by atoms with van der Waals surface area (Å²) in [7, 11) is 2.25. The zero-order valence-electron chi connectivity index (χ0n) is 12.5. The van der Waals surface area contributed by atoms with E-state index in [0.717, 1.165) is 24.8 Å². The maximum atomic E-state index is 6.24. The third-order valence-electron chi connectivity index (χ3n) is 4.45. The Labute approximate surface area is 117 Å². The molecule has 1 unspecified atom stereocenters. The molecule has 1 aromatic heterocycles. The minimum Gasteiger partial charge on any atom is -0.332 e. The first kappa shape index (κ1) is 14.5. The third-order valence-corrected chi connectivity index (χ3v) is 4.45. The van der Waals surface area contributed by atoms with Crippen molar-refractivity contribution in [2.24, 2.45) is 11.7 Å². The Balaban J connectivity index is 1.90. The van der Waals surface area contributed by atoms with E-state index in [9.17, 15) is 0 Å². The summed E-state index contributed by atoms with van der Waals surface area (Å²) in [6.45, 7) is 6.39. The summed E-state index contributed by atoms with van der Waals surface area (Å²) in [5, 5.41) is 0. The van der Waals surface area contributed by atoms with Crippen molar-refractivity contribution in [2.75, 3.05) is 13.6 Å². The first-order chi connectivity index (χ1) is 9.09. The van der Waals surface area contributed by atoms with Crippen LogP contribution in [0.4, 0.5) is 0 Å². The van der Waals surface area contributed by atoms with Crippen molar-refractivity contribution in [3.05, 3.63) is 18.2 Å². The highest BCUT2D eigenvalue weighted by atomic mass is 15.2. The number of nitrogens with two attached hydrogens (primary N) is 1. The Morgan fingerprint density at radius 3 is 2.74 bits per heavy atom. The molecule has 0 saturated heterocycles. The molecule has 0 bridgehead atoms. The van der Waals surface area contributed by atoms with Crippen molar-refractivity contribution >= 4 is 0 Å². The Morgan fingerprint density at radius 2 is 2.11 bits per heavy atom. The van der Waals surface area contributed by atoms with E-state index in [0.29, 0.717) is 5.92 Å². The monoisotopic (exact) mass is 264 g/mol. The second kappa shape index (κ2) is 6.53. The number of likely N-dealkylation sites (N-methyl/N-ethyl adjacent to an activating group) is 1. The molecule has 108 valence electrons. The van der Waals surface area contributed by atoms with Crippen LogP contribution in [-0.4, -0.2) is 34.1 Å². The van der Waals surface area contributed by atoms with Gasteiger partial charge in [0.15, 0.2) is 0 Å². The van der Waals surface area contributed by atoms with Gasteiger partial charge in [-0.15, -0.1) is 0 Å². The quantitative estimate of drug-likeness (QED) is 0.858. The lowest BCUT2D eigenvalue weighted by molar-refractivity contribution is 0.234. The van der Waals surface area contributed by atoms with Gasteiger partial charge in [-0.25, -0.2) is 4.98 Å². The molecule has 19 heavy (non-hydrogen) atoms. The lowest BCUT2D eigenvalue weighted by atomic mass is 10.0. The van der Waals surface area contributed by atoms with Gasteiger partial charge >= 0.3 is 0 Å². The predicted octanol–water partition coefficient (Wildman–Crippen LogP) is 2.41. The molecule has 0 amide bonds. The van der Waals surface area contributed by atoms with Crippen LogP contribution in [0.5, 0.6) is 0 Å². The number of rotatable bonds is 6. The summed E-state index contributed by atoms with van der Waals surface area (Å²) in [5.74, 6) is 0.447. The molecule has 0 aromatic carbocycles. The SMILES string of the molecule is CC(C)C(N)c1cncn1CCN(C)C1CCCC1. The fourth-order valence-corrected chi connectivity index (χ4v) is 2.93. The number of aromatic nitrogens is 2.